The van der Waals surface area contributed by atoms with Gasteiger partial charge in [0, 0.05) is 19.5 Å². The Bertz CT molecular complexity index is 1190. The summed E-state index contributed by atoms with van der Waals surface area (Å²) >= 11 is 0. The maximum absolute atomic E-state index is 12.9. The van der Waals surface area contributed by atoms with Crippen LogP contribution in [0.15, 0.2) is 60.7 Å². The Labute approximate surface area is 273 Å². The highest BCUT2D eigenvalue weighted by Gasteiger charge is 2.42. The van der Waals surface area contributed by atoms with Gasteiger partial charge in [0.2, 0.25) is 11.8 Å². The Hall–Kier alpha value is -4.08. The summed E-state index contributed by atoms with van der Waals surface area (Å²) in [5.74, 6) is -1.44. The first-order chi connectivity index (χ1) is 22.6. The van der Waals surface area contributed by atoms with E-state index in [9.17, 15) is 34.5 Å². The van der Waals surface area contributed by atoms with Gasteiger partial charge in [0.05, 0.1) is 19.1 Å². The van der Waals surface area contributed by atoms with E-state index in [1.807, 2.05) is 24.3 Å². The van der Waals surface area contributed by atoms with Crippen LogP contribution in [0.2, 0.25) is 0 Å². The third kappa shape index (κ3) is 13.7. The maximum Gasteiger partial charge on any atom is 0.408 e. The van der Waals surface area contributed by atoms with E-state index < -0.39 is 61.1 Å². The molecule has 1 heterocycles. The smallest absolute Gasteiger partial charge is 0.408 e. The zero-order valence-corrected chi connectivity index (χ0v) is 26.4. The second-order valence-electron chi connectivity index (χ2n) is 11.1. The summed E-state index contributed by atoms with van der Waals surface area (Å²) in [5, 5.41) is 37.4. The van der Waals surface area contributed by atoms with Crippen molar-refractivity contribution in [2.24, 2.45) is 0 Å². The predicted octanol–water partition coefficient (Wildman–Crippen LogP) is 1.05. The number of hydrogen-bond donors (Lipinski definition) is 6. The van der Waals surface area contributed by atoms with Gasteiger partial charge < -0.3 is 50.2 Å². The van der Waals surface area contributed by atoms with E-state index in [1.54, 1.807) is 43.3 Å². The van der Waals surface area contributed by atoms with Crippen molar-refractivity contribution in [1.82, 2.24) is 16.0 Å². The van der Waals surface area contributed by atoms with Crippen LogP contribution in [-0.2, 0) is 46.5 Å². The molecule has 1 aliphatic heterocycles. The Kier molecular flexibility index (Phi) is 16.1. The number of hydrogen-bond acceptors (Lipinski definition) is 11. The SMILES string of the molecule is C[C@@H]1O[C@@H](OCCNC(=O)CCCCCNC(=O)[C@H](CC(=O)OCc2ccccc2)NC(=O)OCc2ccccc2)[C@@H](O)[C@H](O)[C@@H]1O. The summed E-state index contributed by atoms with van der Waals surface area (Å²) < 4.78 is 21.2. The Morgan fingerprint density at radius 1 is 0.787 bits per heavy atom. The zero-order valence-electron chi connectivity index (χ0n) is 26.4. The number of alkyl carbamates (subject to hydrolysis) is 1. The molecule has 14 nitrogen and oxygen atoms in total. The van der Waals surface area contributed by atoms with Gasteiger partial charge in [0.15, 0.2) is 6.29 Å². The standard InChI is InChI=1S/C33H45N3O11/c1-22-28(39)29(40)30(41)32(47-22)44-18-17-34-26(37)15-9-4-10-16-35-31(42)25(19-27(38)45-20-23-11-5-2-6-12-23)36-33(43)46-21-24-13-7-3-8-14-24/h2-3,5-8,11-14,22,25,28-30,32,39-41H,4,9-10,15-21H2,1H3,(H,34,37)(H,35,42)(H,36,43)/t22-,25-,28+,29+,30-,32+/m0/s1. The number of benzene rings is 2. The summed E-state index contributed by atoms with van der Waals surface area (Å²) in [6.45, 7) is 2.01. The Morgan fingerprint density at radius 3 is 2.09 bits per heavy atom. The fourth-order valence-corrected chi connectivity index (χ4v) is 4.61. The molecule has 2 aromatic rings. The fraction of sp³-hybridized carbons (Fsp3) is 0.515. The molecule has 1 saturated heterocycles. The third-order valence-corrected chi connectivity index (χ3v) is 7.33. The first-order valence-corrected chi connectivity index (χ1v) is 15.7. The molecule has 14 heteroatoms. The highest BCUT2D eigenvalue weighted by Crippen LogP contribution is 2.21. The van der Waals surface area contributed by atoms with Gasteiger partial charge in [-0.25, -0.2) is 4.79 Å². The Morgan fingerprint density at radius 2 is 1.43 bits per heavy atom. The molecule has 1 fully saturated rings. The van der Waals surface area contributed by atoms with Crippen LogP contribution in [0.1, 0.15) is 50.2 Å². The lowest BCUT2D eigenvalue weighted by Crippen LogP contribution is -2.57. The number of amides is 3. The minimum Gasteiger partial charge on any atom is -0.461 e. The lowest BCUT2D eigenvalue weighted by Gasteiger charge is -2.38. The van der Waals surface area contributed by atoms with Crippen molar-refractivity contribution in [3.63, 3.8) is 0 Å². The molecular formula is C33H45N3O11. The van der Waals surface area contributed by atoms with E-state index in [0.717, 1.165) is 11.1 Å². The first-order valence-electron chi connectivity index (χ1n) is 15.7. The molecule has 0 aromatic heterocycles. The molecule has 258 valence electrons. The third-order valence-electron chi connectivity index (χ3n) is 7.33. The molecule has 6 atom stereocenters. The van der Waals surface area contributed by atoms with Crippen molar-refractivity contribution < 1.29 is 53.4 Å². The minimum atomic E-state index is -1.41. The quantitative estimate of drug-likeness (QED) is 0.0987. The van der Waals surface area contributed by atoms with E-state index in [2.05, 4.69) is 16.0 Å². The summed E-state index contributed by atoms with van der Waals surface area (Å²) in [6, 6.07) is 16.9. The number of ether oxygens (including phenoxy) is 4. The average molecular weight is 660 g/mol. The van der Waals surface area contributed by atoms with Gasteiger partial charge in [0.25, 0.3) is 0 Å². The molecule has 0 saturated carbocycles. The highest BCUT2D eigenvalue weighted by atomic mass is 16.7. The first kappa shape index (κ1) is 37.4. The highest BCUT2D eigenvalue weighted by molar-refractivity contribution is 5.89. The van der Waals surface area contributed by atoms with Crippen LogP contribution in [0.4, 0.5) is 4.79 Å². The summed E-state index contributed by atoms with van der Waals surface area (Å²) in [7, 11) is 0. The average Bonchev–Trinajstić information content (AvgIpc) is 3.08. The van der Waals surface area contributed by atoms with Crippen molar-refractivity contribution >= 4 is 23.9 Å². The van der Waals surface area contributed by atoms with Gasteiger partial charge in [0.1, 0.15) is 37.6 Å². The fourth-order valence-electron chi connectivity index (χ4n) is 4.61. The molecule has 0 unspecified atom stereocenters. The van der Waals surface area contributed by atoms with E-state index in [0.29, 0.717) is 19.3 Å². The zero-order chi connectivity index (χ0) is 34.0. The minimum absolute atomic E-state index is 0.00739. The van der Waals surface area contributed by atoms with E-state index in [4.69, 9.17) is 18.9 Å². The molecule has 3 rings (SSSR count). The van der Waals surface area contributed by atoms with Crippen LogP contribution in [0.5, 0.6) is 0 Å². The van der Waals surface area contributed by atoms with Gasteiger partial charge in [-0.1, -0.05) is 67.1 Å². The molecule has 47 heavy (non-hydrogen) atoms. The molecule has 0 radical (unpaired) electrons. The number of aliphatic hydroxyl groups excluding tert-OH is 3. The monoisotopic (exact) mass is 659 g/mol. The predicted molar refractivity (Wildman–Crippen MR) is 167 cm³/mol. The summed E-state index contributed by atoms with van der Waals surface area (Å²) in [4.78, 5) is 50.0. The summed E-state index contributed by atoms with van der Waals surface area (Å²) in [6.07, 6.45) is -5.15. The van der Waals surface area contributed by atoms with Gasteiger partial charge >= 0.3 is 12.1 Å². The second-order valence-corrected chi connectivity index (χ2v) is 11.1. The van der Waals surface area contributed by atoms with Crippen LogP contribution >= 0.6 is 0 Å². The van der Waals surface area contributed by atoms with Gasteiger partial charge in [-0.2, -0.15) is 0 Å². The molecule has 1 aliphatic rings. The number of carbonyl (C=O) groups excluding carboxylic acids is 4. The molecule has 2 aromatic carbocycles. The molecule has 0 bridgehead atoms. The lowest BCUT2D eigenvalue weighted by molar-refractivity contribution is -0.292. The van der Waals surface area contributed by atoms with Gasteiger partial charge in [-0.15, -0.1) is 0 Å². The van der Waals surface area contributed by atoms with E-state index in [-0.39, 0.29) is 45.2 Å². The summed E-state index contributed by atoms with van der Waals surface area (Å²) in [5.41, 5.74) is 1.55. The van der Waals surface area contributed by atoms with Crippen molar-refractivity contribution in [2.45, 2.75) is 89.0 Å². The Balaban J connectivity index is 1.33. The van der Waals surface area contributed by atoms with Crippen molar-refractivity contribution in [1.29, 1.82) is 0 Å². The van der Waals surface area contributed by atoms with Crippen molar-refractivity contribution in [3.8, 4) is 0 Å². The molecule has 0 spiro atoms. The maximum atomic E-state index is 12.9. The van der Waals surface area contributed by atoms with Crippen LogP contribution in [0.3, 0.4) is 0 Å². The van der Waals surface area contributed by atoms with Crippen molar-refractivity contribution in [2.75, 3.05) is 19.7 Å². The number of unbranched alkanes of at least 4 members (excludes halogenated alkanes) is 2. The van der Waals surface area contributed by atoms with Crippen LogP contribution in [0.25, 0.3) is 0 Å². The van der Waals surface area contributed by atoms with Crippen molar-refractivity contribution in [3.05, 3.63) is 71.8 Å². The van der Waals surface area contributed by atoms with Crippen LogP contribution < -0.4 is 16.0 Å². The largest absolute Gasteiger partial charge is 0.461 e. The van der Waals surface area contributed by atoms with E-state index >= 15 is 0 Å². The molecule has 0 aliphatic carbocycles. The number of nitrogens with one attached hydrogen (secondary N) is 3. The molecular weight excluding hydrogens is 614 g/mol. The number of esters is 1. The second kappa shape index (κ2) is 20.2. The normalized spacial score (nSPS) is 21.2. The number of carbonyl (C=O) groups is 4. The van der Waals surface area contributed by atoms with Gasteiger partial charge in [-0.3, -0.25) is 14.4 Å². The van der Waals surface area contributed by atoms with Gasteiger partial charge in [-0.05, 0) is 30.9 Å². The molecule has 3 amide bonds. The van der Waals surface area contributed by atoms with E-state index in [1.165, 1.54) is 0 Å². The van der Waals surface area contributed by atoms with Crippen LogP contribution in [0, 0.1) is 0 Å². The number of aliphatic hydroxyl groups is 3. The topological polar surface area (TPSA) is 202 Å². The lowest BCUT2D eigenvalue weighted by atomic mass is 10.0. The number of rotatable bonds is 18. The van der Waals surface area contributed by atoms with Crippen LogP contribution in [-0.4, -0.2) is 95.6 Å². The molecule has 6 N–H and O–H groups in total.